The number of nitrogens with zero attached hydrogens (tertiary/aromatic N) is 6. The molecule has 3 aromatic heterocycles. The van der Waals surface area contributed by atoms with Crippen LogP contribution in [-0.4, -0.2) is 75.1 Å². The molecule has 1 saturated carbocycles. The van der Waals surface area contributed by atoms with Crippen molar-refractivity contribution >= 4 is 68.9 Å². The molecular weight excluding hydrogens is 996 g/mol. The van der Waals surface area contributed by atoms with Gasteiger partial charge in [-0.3, -0.25) is 23.7 Å². The summed E-state index contributed by atoms with van der Waals surface area (Å²) in [6, 6.07) is 5.79. The van der Waals surface area contributed by atoms with E-state index in [0.717, 1.165) is 18.4 Å². The number of nitrogens with one attached hydrogen (secondary N) is 1. The molecule has 2 aliphatic carbocycles. The van der Waals surface area contributed by atoms with Crippen molar-refractivity contribution in [3.05, 3.63) is 93.0 Å². The Bertz CT molecular complexity index is 2960. The third-order valence-corrected chi connectivity index (χ3v) is 13.8. The van der Waals surface area contributed by atoms with Crippen LogP contribution in [0.5, 0.6) is 0 Å². The minimum absolute atomic E-state index is 0.0204. The predicted octanol–water partition coefficient (Wildman–Crippen LogP) is 9.18. The lowest BCUT2D eigenvalue weighted by atomic mass is 9.74. The second-order valence-corrected chi connectivity index (χ2v) is 20.0. The van der Waals surface area contributed by atoms with Crippen molar-refractivity contribution in [2.75, 3.05) is 16.8 Å². The number of fused-ring (bicyclic) bond motifs is 2. The lowest BCUT2D eigenvalue weighted by Gasteiger charge is -2.33. The van der Waals surface area contributed by atoms with Gasteiger partial charge in [0.25, 0.3) is 5.92 Å². The average Bonchev–Trinajstić information content (AvgIpc) is 3.87. The molecule has 0 aliphatic heterocycles. The van der Waals surface area contributed by atoms with Crippen LogP contribution in [0.3, 0.4) is 0 Å². The van der Waals surface area contributed by atoms with Gasteiger partial charge in [-0.05, 0) is 87.6 Å². The summed E-state index contributed by atoms with van der Waals surface area (Å²) in [5, 5.41) is 18.8. The van der Waals surface area contributed by atoms with Gasteiger partial charge in [0.15, 0.2) is 11.5 Å². The predicted molar refractivity (Wildman–Crippen MR) is 234 cm³/mol. The first-order valence-electron chi connectivity index (χ1n) is 20.6. The Morgan fingerprint density at radius 1 is 1.00 bits per heavy atom. The molecule has 69 heavy (non-hydrogen) atoms. The largest absolute Gasteiger partial charge is 0.481 e. The molecule has 12 nitrogen and oxygen atoms in total. The number of aliphatic carboxylic acids is 1. The minimum atomic E-state index is -5.18. The number of carbonyl (C=O) groups excluding carboxylic acids is 2. The second kappa shape index (κ2) is 18.9. The number of hydrogen-bond acceptors (Lipinski definition) is 8. The number of carboxylic acid groups (broad SMARTS) is 1. The highest BCUT2D eigenvalue weighted by Gasteiger charge is 2.50. The van der Waals surface area contributed by atoms with Crippen LogP contribution >= 0.6 is 23.4 Å². The number of amides is 2. The van der Waals surface area contributed by atoms with Crippen LogP contribution < -0.4 is 9.62 Å². The number of anilines is 1. The van der Waals surface area contributed by atoms with Gasteiger partial charge in [-0.2, -0.15) is 45.3 Å². The zero-order valence-electron chi connectivity index (χ0n) is 36.5. The van der Waals surface area contributed by atoms with E-state index in [9.17, 15) is 58.8 Å². The number of thioether (sulfide) groups is 1. The molecule has 3 heterocycles. The van der Waals surface area contributed by atoms with E-state index in [-0.39, 0.29) is 56.0 Å². The van der Waals surface area contributed by atoms with Gasteiger partial charge in [0, 0.05) is 41.4 Å². The van der Waals surface area contributed by atoms with Crippen molar-refractivity contribution < 1.29 is 67.6 Å². The van der Waals surface area contributed by atoms with Crippen molar-refractivity contribution in [1.29, 1.82) is 0 Å². The summed E-state index contributed by atoms with van der Waals surface area (Å²) in [6.45, 7) is 0.477. The number of halogens is 11. The van der Waals surface area contributed by atoms with Gasteiger partial charge in [-0.1, -0.05) is 23.6 Å². The topological polar surface area (TPSA) is 152 Å². The van der Waals surface area contributed by atoms with Crippen molar-refractivity contribution in [3.8, 4) is 23.0 Å². The molecule has 0 radical (unpaired) electrons. The van der Waals surface area contributed by atoms with Crippen LogP contribution in [-0.2, 0) is 63.4 Å². The molecule has 1 fully saturated rings. The van der Waals surface area contributed by atoms with Gasteiger partial charge in [-0.15, -0.1) is 11.8 Å². The molecule has 5 aromatic rings. The third kappa shape index (κ3) is 10.9. The Balaban J connectivity index is 1.45. The quantitative estimate of drug-likeness (QED) is 0.0869. The molecule has 25 heteroatoms. The zero-order valence-corrected chi connectivity index (χ0v) is 38.8. The van der Waals surface area contributed by atoms with Crippen molar-refractivity contribution in [3.63, 3.8) is 0 Å². The smallest absolute Gasteiger partial charge is 0.435 e. The molecule has 7 rings (SSSR count). The summed E-state index contributed by atoms with van der Waals surface area (Å²) in [6.07, 6.45) is -10.0. The van der Waals surface area contributed by atoms with Gasteiger partial charge in [0.1, 0.15) is 47.1 Å². The standard InChI is InChI=1S/C44H38ClF10N7O5S2/c1-41(2,68-3)11-9-26-5-6-27(28-7-8-30(45)33-35(28)61(20-43(50,51)52)59-38(33)62(69(4)67)39(64)22-16-23(17-22)40(65)66)34(56-26)31(15-21-13-24(46)18-25(47)14-21)57-32(63)19-60-37-29(10-12-42(37,48)49)36(58-60)44(53,54)55/h5-8,13-14,18,22-23,31H,10,12,15-17,19-20H2,1-4H3,(H,57,63)(H,65,66). The third-order valence-electron chi connectivity index (χ3n) is 11.5. The Hall–Kier alpha value is -5.67. The fourth-order valence-electron chi connectivity index (χ4n) is 8.19. The van der Waals surface area contributed by atoms with Gasteiger partial charge < -0.3 is 10.4 Å². The number of hydrogen-bond donors (Lipinski definition) is 2. The summed E-state index contributed by atoms with van der Waals surface area (Å²) >= 11 is 8.06. The molecular formula is C44H38ClF10N7O5S2. The highest BCUT2D eigenvalue weighted by atomic mass is 35.5. The van der Waals surface area contributed by atoms with E-state index >= 15 is 8.78 Å². The normalized spacial score (nSPS) is 17.7. The SMILES string of the molecule is CSC(C)(C)C#Cc1ccc(-c2ccc(Cl)c3c(N(C(=O)C4CC(C(=O)O)C4)S(C)=O)nn(CC(F)(F)F)c23)c(C(Cc2cc(F)cc(F)c2)NC(=O)Cn2nc(C(F)(F)F)c3c2C(F)(F)CC3)n1. The molecule has 2 aromatic carbocycles. The van der Waals surface area contributed by atoms with E-state index in [1.807, 2.05) is 0 Å². The highest BCUT2D eigenvalue weighted by molar-refractivity contribution is 8.00. The van der Waals surface area contributed by atoms with E-state index in [1.165, 1.54) is 36.0 Å². The van der Waals surface area contributed by atoms with Crippen molar-refractivity contribution in [2.24, 2.45) is 11.8 Å². The van der Waals surface area contributed by atoms with Gasteiger partial charge in [0.05, 0.1) is 38.3 Å². The summed E-state index contributed by atoms with van der Waals surface area (Å²) in [5.41, 5.74) is -4.76. The van der Waals surface area contributed by atoms with E-state index in [2.05, 4.69) is 32.3 Å². The number of alkyl halides is 8. The fourth-order valence-corrected chi connectivity index (χ4v) is 9.36. The van der Waals surface area contributed by atoms with Crippen LogP contribution in [0.15, 0.2) is 42.5 Å². The molecule has 0 bridgehead atoms. The lowest BCUT2D eigenvalue weighted by molar-refractivity contribution is -0.148. The monoisotopic (exact) mass is 1030 g/mol. The first-order chi connectivity index (χ1) is 32.1. The van der Waals surface area contributed by atoms with Gasteiger partial charge in [0.2, 0.25) is 11.8 Å². The number of pyridine rings is 1. The van der Waals surface area contributed by atoms with Crippen LogP contribution in [0.2, 0.25) is 5.02 Å². The Morgan fingerprint density at radius 2 is 1.65 bits per heavy atom. The van der Waals surface area contributed by atoms with E-state index in [1.54, 1.807) is 20.1 Å². The van der Waals surface area contributed by atoms with Crippen LogP contribution in [0, 0.1) is 35.3 Å². The maximum Gasteiger partial charge on any atom is 0.435 e. The second-order valence-electron chi connectivity index (χ2n) is 16.9. The van der Waals surface area contributed by atoms with Gasteiger partial charge >= 0.3 is 18.3 Å². The summed E-state index contributed by atoms with van der Waals surface area (Å²) in [4.78, 5) is 44.2. The lowest BCUT2D eigenvalue weighted by Crippen LogP contribution is -2.44. The van der Waals surface area contributed by atoms with Crippen LogP contribution in [0.1, 0.15) is 73.1 Å². The number of carbonyl (C=O) groups is 3. The van der Waals surface area contributed by atoms with E-state index in [4.69, 9.17) is 11.6 Å². The molecule has 368 valence electrons. The fraction of sp³-hybridized carbons (Fsp3) is 0.409. The molecule has 2 unspecified atom stereocenters. The first kappa shape index (κ1) is 51.2. The number of aromatic nitrogens is 5. The highest BCUT2D eigenvalue weighted by Crippen LogP contribution is 2.47. The molecule has 0 saturated heterocycles. The Kier molecular flexibility index (Phi) is 14.0. The summed E-state index contributed by atoms with van der Waals surface area (Å²) in [5.74, 6) is -5.96. The maximum atomic E-state index is 15.1. The van der Waals surface area contributed by atoms with Gasteiger partial charge in [-0.25, -0.2) is 22.3 Å². The minimum Gasteiger partial charge on any atom is -0.481 e. The van der Waals surface area contributed by atoms with E-state index in [0.29, 0.717) is 15.1 Å². The molecule has 2 atom stereocenters. The summed E-state index contributed by atoms with van der Waals surface area (Å²) in [7, 11) is -2.34. The Labute approximate surface area is 397 Å². The summed E-state index contributed by atoms with van der Waals surface area (Å²) < 4.78 is 159. The number of benzene rings is 2. The molecule has 0 spiro atoms. The van der Waals surface area contributed by atoms with Crippen LogP contribution in [0.25, 0.3) is 22.0 Å². The maximum absolute atomic E-state index is 15.1. The first-order valence-corrected chi connectivity index (χ1v) is 23.7. The van der Waals surface area contributed by atoms with E-state index < -0.39 is 142 Å². The number of carboxylic acids is 1. The Morgan fingerprint density at radius 3 is 2.25 bits per heavy atom. The zero-order chi connectivity index (χ0) is 50.7. The van der Waals surface area contributed by atoms with Crippen molar-refractivity contribution in [1.82, 2.24) is 29.9 Å². The average molecular weight is 1030 g/mol. The number of rotatable bonds is 13. The molecule has 2 N–H and O–H groups in total. The molecule has 2 aliphatic rings. The van der Waals surface area contributed by atoms with Crippen LogP contribution in [0.4, 0.5) is 49.7 Å². The molecule has 2 amide bonds. The van der Waals surface area contributed by atoms with Crippen molar-refractivity contribution in [2.45, 2.75) is 88.1 Å².